The van der Waals surface area contributed by atoms with Crippen LogP contribution in [0.2, 0.25) is 0 Å². The predicted molar refractivity (Wildman–Crippen MR) is 85.5 cm³/mol. The highest BCUT2D eigenvalue weighted by Gasteiger charge is 2.45. The highest BCUT2D eigenvalue weighted by molar-refractivity contribution is 5.75. The normalized spacial score (nSPS) is 24.2. The summed E-state index contributed by atoms with van der Waals surface area (Å²) >= 11 is 0. The molecule has 2 rings (SSSR count). The topological polar surface area (TPSA) is 40.5 Å². The van der Waals surface area contributed by atoms with Gasteiger partial charge < -0.3 is 5.11 Å². The van der Waals surface area contributed by atoms with Crippen LogP contribution >= 0.6 is 0 Å². The number of carbonyl (C=O) groups is 1. The molecule has 1 heterocycles. The monoisotopic (exact) mass is 289 g/mol. The minimum atomic E-state index is -0.625. The summed E-state index contributed by atoms with van der Waals surface area (Å²) < 4.78 is 0. The maximum Gasteiger partial charge on any atom is 0.310 e. The van der Waals surface area contributed by atoms with Gasteiger partial charge in [0.15, 0.2) is 0 Å². The molecule has 0 amide bonds. The Hall–Kier alpha value is -1.35. The molecule has 0 aromatic heterocycles. The maximum atomic E-state index is 11.7. The summed E-state index contributed by atoms with van der Waals surface area (Å²) in [7, 11) is 0. The number of carboxylic acids is 1. The number of benzene rings is 1. The molecule has 2 unspecified atom stereocenters. The van der Waals surface area contributed by atoms with Crippen LogP contribution in [0.4, 0.5) is 0 Å². The Bertz CT molecular complexity index is 526. The van der Waals surface area contributed by atoms with Crippen molar-refractivity contribution in [2.24, 2.45) is 5.41 Å². The van der Waals surface area contributed by atoms with E-state index in [0.29, 0.717) is 6.54 Å². The number of likely N-dealkylation sites (tertiary alicyclic amines) is 1. The molecule has 1 aliphatic rings. The summed E-state index contributed by atoms with van der Waals surface area (Å²) in [5.74, 6) is -0.625. The third kappa shape index (κ3) is 3.13. The van der Waals surface area contributed by atoms with Gasteiger partial charge in [0.2, 0.25) is 0 Å². The SMILES string of the molecule is CCCC1(C(=O)O)CCN(C(C)c2ccc(C)cc2C)C1. The van der Waals surface area contributed by atoms with Crippen LogP contribution in [0.3, 0.4) is 0 Å². The van der Waals surface area contributed by atoms with Crippen LogP contribution in [0, 0.1) is 19.3 Å². The van der Waals surface area contributed by atoms with E-state index in [9.17, 15) is 9.90 Å². The van der Waals surface area contributed by atoms with Crippen molar-refractivity contribution in [2.45, 2.75) is 53.0 Å². The molecule has 116 valence electrons. The van der Waals surface area contributed by atoms with Gasteiger partial charge in [-0.05, 0) is 51.3 Å². The van der Waals surface area contributed by atoms with Gasteiger partial charge >= 0.3 is 5.97 Å². The van der Waals surface area contributed by atoms with Gasteiger partial charge in [-0.15, -0.1) is 0 Å². The fourth-order valence-corrected chi connectivity index (χ4v) is 3.69. The summed E-state index contributed by atoms with van der Waals surface area (Å²) in [6.45, 7) is 10.1. The first-order chi connectivity index (χ1) is 9.89. The van der Waals surface area contributed by atoms with Crippen LogP contribution in [0.25, 0.3) is 0 Å². The van der Waals surface area contributed by atoms with E-state index in [2.05, 4.69) is 50.8 Å². The molecule has 1 aliphatic heterocycles. The van der Waals surface area contributed by atoms with Gasteiger partial charge in [-0.25, -0.2) is 0 Å². The molecule has 1 saturated heterocycles. The third-order valence-corrected chi connectivity index (χ3v) is 4.99. The van der Waals surface area contributed by atoms with Crippen molar-refractivity contribution in [1.29, 1.82) is 0 Å². The van der Waals surface area contributed by atoms with Gasteiger partial charge in [0.25, 0.3) is 0 Å². The molecule has 1 aromatic carbocycles. The zero-order valence-corrected chi connectivity index (χ0v) is 13.6. The Labute approximate surface area is 128 Å². The van der Waals surface area contributed by atoms with Crippen molar-refractivity contribution in [3.63, 3.8) is 0 Å². The second-order valence-corrected chi connectivity index (χ2v) is 6.59. The molecule has 3 nitrogen and oxygen atoms in total. The van der Waals surface area contributed by atoms with Gasteiger partial charge in [-0.2, -0.15) is 0 Å². The van der Waals surface area contributed by atoms with Crippen LogP contribution in [0.15, 0.2) is 18.2 Å². The first kappa shape index (κ1) is 16.0. The maximum absolute atomic E-state index is 11.7. The average molecular weight is 289 g/mol. The van der Waals surface area contributed by atoms with E-state index in [1.807, 2.05) is 0 Å². The summed E-state index contributed by atoms with van der Waals surface area (Å²) in [6.07, 6.45) is 2.47. The number of aryl methyl sites for hydroxylation is 2. The van der Waals surface area contributed by atoms with Crippen LogP contribution in [-0.2, 0) is 4.79 Å². The molecule has 0 radical (unpaired) electrons. The lowest BCUT2D eigenvalue weighted by Gasteiger charge is -2.29. The molecule has 1 N–H and O–H groups in total. The van der Waals surface area contributed by atoms with Crippen molar-refractivity contribution < 1.29 is 9.90 Å². The molecule has 1 fully saturated rings. The van der Waals surface area contributed by atoms with Crippen molar-refractivity contribution in [1.82, 2.24) is 4.90 Å². The fourth-order valence-electron chi connectivity index (χ4n) is 3.69. The average Bonchev–Trinajstić information content (AvgIpc) is 2.84. The van der Waals surface area contributed by atoms with Gasteiger partial charge in [0.05, 0.1) is 5.41 Å². The van der Waals surface area contributed by atoms with Crippen LogP contribution in [0.1, 0.15) is 55.8 Å². The van der Waals surface area contributed by atoms with E-state index >= 15 is 0 Å². The van der Waals surface area contributed by atoms with Crippen molar-refractivity contribution in [3.8, 4) is 0 Å². The smallest absolute Gasteiger partial charge is 0.310 e. The van der Waals surface area contributed by atoms with Gasteiger partial charge in [0, 0.05) is 12.6 Å². The van der Waals surface area contributed by atoms with E-state index in [-0.39, 0.29) is 6.04 Å². The third-order valence-electron chi connectivity index (χ3n) is 4.99. The van der Waals surface area contributed by atoms with E-state index in [1.54, 1.807) is 0 Å². The Morgan fingerprint density at radius 1 is 1.43 bits per heavy atom. The van der Waals surface area contributed by atoms with E-state index in [4.69, 9.17) is 0 Å². The Morgan fingerprint density at radius 3 is 2.71 bits per heavy atom. The lowest BCUT2D eigenvalue weighted by molar-refractivity contribution is -0.148. The number of aliphatic carboxylic acids is 1. The van der Waals surface area contributed by atoms with E-state index in [0.717, 1.165) is 25.8 Å². The molecule has 2 atom stereocenters. The summed E-state index contributed by atoms with van der Waals surface area (Å²) in [5, 5.41) is 9.63. The number of hydrogen-bond acceptors (Lipinski definition) is 2. The summed E-state index contributed by atoms with van der Waals surface area (Å²) in [4.78, 5) is 14.0. The van der Waals surface area contributed by atoms with E-state index in [1.165, 1.54) is 16.7 Å². The Morgan fingerprint density at radius 2 is 2.14 bits per heavy atom. The number of nitrogens with zero attached hydrogens (tertiary/aromatic N) is 1. The zero-order chi connectivity index (χ0) is 15.6. The molecular formula is C18H27NO2. The van der Waals surface area contributed by atoms with Crippen molar-refractivity contribution >= 4 is 5.97 Å². The second kappa shape index (κ2) is 6.18. The van der Waals surface area contributed by atoms with Crippen LogP contribution < -0.4 is 0 Å². The first-order valence-corrected chi connectivity index (χ1v) is 7.94. The Balaban J connectivity index is 2.18. The minimum Gasteiger partial charge on any atom is -0.481 e. The number of rotatable bonds is 5. The largest absolute Gasteiger partial charge is 0.481 e. The first-order valence-electron chi connectivity index (χ1n) is 7.94. The molecule has 0 bridgehead atoms. The number of carboxylic acid groups (broad SMARTS) is 1. The molecule has 3 heteroatoms. The van der Waals surface area contributed by atoms with Gasteiger partial charge in [-0.3, -0.25) is 9.69 Å². The molecule has 21 heavy (non-hydrogen) atoms. The van der Waals surface area contributed by atoms with E-state index < -0.39 is 11.4 Å². The zero-order valence-electron chi connectivity index (χ0n) is 13.6. The molecule has 1 aromatic rings. The standard InChI is InChI=1S/C18H27NO2/c1-5-8-18(17(20)21)9-10-19(12-18)15(4)16-7-6-13(2)11-14(16)3/h6-7,11,15H,5,8-10,12H2,1-4H3,(H,20,21). The summed E-state index contributed by atoms with van der Waals surface area (Å²) in [5.41, 5.74) is 3.35. The molecular weight excluding hydrogens is 262 g/mol. The lowest BCUT2D eigenvalue weighted by atomic mass is 9.82. The molecule has 0 spiro atoms. The lowest BCUT2D eigenvalue weighted by Crippen LogP contribution is -2.35. The molecule has 0 aliphatic carbocycles. The quantitative estimate of drug-likeness (QED) is 0.892. The molecule has 0 saturated carbocycles. The highest BCUT2D eigenvalue weighted by Crippen LogP contribution is 2.39. The van der Waals surface area contributed by atoms with Gasteiger partial charge in [0.1, 0.15) is 0 Å². The Kier molecular flexibility index (Phi) is 4.72. The fraction of sp³-hybridized carbons (Fsp3) is 0.611. The van der Waals surface area contributed by atoms with Crippen molar-refractivity contribution in [3.05, 3.63) is 34.9 Å². The number of hydrogen-bond donors (Lipinski definition) is 1. The minimum absolute atomic E-state index is 0.281. The van der Waals surface area contributed by atoms with Gasteiger partial charge in [-0.1, -0.05) is 37.1 Å². The van der Waals surface area contributed by atoms with Crippen LogP contribution in [-0.4, -0.2) is 29.1 Å². The summed E-state index contributed by atoms with van der Waals surface area (Å²) in [6, 6.07) is 6.82. The highest BCUT2D eigenvalue weighted by atomic mass is 16.4. The van der Waals surface area contributed by atoms with Crippen LogP contribution in [0.5, 0.6) is 0 Å². The second-order valence-electron chi connectivity index (χ2n) is 6.59. The predicted octanol–water partition coefficient (Wildman–Crippen LogP) is 3.94. The van der Waals surface area contributed by atoms with Crippen molar-refractivity contribution in [2.75, 3.05) is 13.1 Å².